The number of thioether (sulfide) groups is 1. The molecule has 0 spiro atoms. The van der Waals surface area contributed by atoms with Gasteiger partial charge in [-0.25, -0.2) is 0 Å². The van der Waals surface area contributed by atoms with E-state index < -0.39 is 0 Å². The SMILES string of the molecule is O=C(C1CCCCS1)N(CCCl)C1CCCCC1. The molecule has 0 aromatic carbocycles. The summed E-state index contributed by atoms with van der Waals surface area (Å²) in [5, 5.41) is 0.212. The number of nitrogens with zero attached hydrogens (tertiary/aromatic N) is 1. The van der Waals surface area contributed by atoms with E-state index in [2.05, 4.69) is 4.90 Å². The Balaban J connectivity index is 1.96. The number of hydrogen-bond acceptors (Lipinski definition) is 2. The van der Waals surface area contributed by atoms with Crippen molar-refractivity contribution in [1.29, 1.82) is 0 Å². The van der Waals surface area contributed by atoms with E-state index in [1.165, 1.54) is 44.9 Å². The van der Waals surface area contributed by atoms with Crippen LogP contribution in [0.25, 0.3) is 0 Å². The largest absolute Gasteiger partial charge is 0.338 e. The topological polar surface area (TPSA) is 20.3 Å². The van der Waals surface area contributed by atoms with Crippen molar-refractivity contribution in [3.63, 3.8) is 0 Å². The van der Waals surface area contributed by atoms with Crippen LogP contribution in [0, 0.1) is 0 Å². The quantitative estimate of drug-likeness (QED) is 0.736. The van der Waals surface area contributed by atoms with E-state index in [-0.39, 0.29) is 5.25 Å². The first-order chi connectivity index (χ1) is 8.83. The molecule has 0 bridgehead atoms. The Hall–Kier alpha value is 0.110. The molecule has 1 saturated heterocycles. The van der Waals surface area contributed by atoms with E-state index >= 15 is 0 Å². The van der Waals surface area contributed by atoms with Crippen molar-refractivity contribution in [2.45, 2.75) is 62.7 Å². The Kier molecular flexibility index (Phi) is 6.16. The molecule has 0 N–H and O–H groups in total. The maximum atomic E-state index is 12.6. The zero-order valence-electron chi connectivity index (χ0n) is 11.1. The summed E-state index contributed by atoms with van der Waals surface area (Å²) in [7, 11) is 0. The molecule has 0 aromatic rings. The van der Waals surface area contributed by atoms with Gasteiger partial charge in [-0.3, -0.25) is 4.79 Å². The maximum absolute atomic E-state index is 12.6. The van der Waals surface area contributed by atoms with Crippen LogP contribution in [-0.2, 0) is 4.79 Å². The van der Waals surface area contributed by atoms with E-state index in [4.69, 9.17) is 11.6 Å². The number of carbonyl (C=O) groups excluding carboxylic acids is 1. The Labute approximate surface area is 120 Å². The van der Waals surface area contributed by atoms with Crippen LogP contribution >= 0.6 is 23.4 Å². The molecule has 104 valence electrons. The van der Waals surface area contributed by atoms with Gasteiger partial charge in [0, 0.05) is 18.5 Å². The molecule has 2 rings (SSSR count). The first-order valence-corrected chi connectivity index (χ1v) is 8.89. The average molecular weight is 290 g/mol. The van der Waals surface area contributed by atoms with Crippen molar-refractivity contribution in [2.24, 2.45) is 0 Å². The number of hydrogen-bond donors (Lipinski definition) is 0. The molecule has 0 radical (unpaired) electrons. The van der Waals surface area contributed by atoms with Crippen molar-refractivity contribution >= 4 is 29.3 Å². The molecule has 18 heavy (non-hydrogen) atoms. The summed E-state index contributed by atoms with van der Waals surface area (Å²) in [6.45, 7) is 0.738. The third kappa shape index (κ3) is 3.80. The Morgan fingerprint density at radius 3 is 2.44 bits per heavy atom. The van der Waals surface area contributed by atoms with Crippen LogP contribution in [0.4, 0.5) is 0 Å². The molecule has 1 atom stereocenters. The third-order valence-corrected chi connectivity index (χ3v) is 5.61. The zero-order chi connectivity index (χ0) is 12.8. The minimum Gasteiger partial charge on any atom is -0.338 e. The van der Waals surface area contributed by atoms with E-state index in [9.17, 15) is 4.79 Å². The fraction of sp³-hybridized carbons (Fsp3) is 0.929. The predicted molar refractivity (Wildman–Crippen MR) is 79.4 cm³/mol. The standard InChI is InChI=1S/C14H24ClNOS/c15-9-10-16(12-6-2-1-3-7-12)14(17)13-8-4-5-11-18-13/h12-13H,1-11H2. The summed E-state index contributed by atoms with van der Waals surface area (Å²) >= 11 is 7.75. The van der Waals surface area contributed by atoms with Gasteiger partial charge in [0.05, 0.1) is 5.25 Å². The molecule has 1 aliphatic heterocycles. The van der Waals surface area contributed by atoms with Gasteiger partial charge in [0.25, 0.3) is 0 Å². The van der Waals surface area contributed by atoms with Crippen LogP contribution in [0.3, 0.4) is 0 Å². The van der Waals surface area contributed by atoms with Gasteiger partial charge in [0.1, 0.15) is 0 Å². The second-order valence-corrected chi connectivity index (χ2v) is 7.06. The molecule has 0 aromatic heterocycles. The first-order valence-electron chi connectivity index (χ1n) is 7.31. The molecule has 2 aliphatic rings. The molecule has 2 fully saturated rings. The van der Waals surface area contributed by atoms with Gasteiger partial charge < -0.3 is 4.90 Å². The lowest BCUT2D eigenvalue weighted by Crippen LogP contribution is -2.47. The van der Waals surface area contributed by atoms with E-state index in [0.29, 0.717) is 17.8 Å². The number of amides is 1. The number of rotatable bonds is 4. The van der Waals surface area contributed by atoms with Crippen molar-refractivity contribution in [3.05, 3.63) is 0 Å². The molecule has 1 aliphatic carbocycles. The van der Waals surface area contributed by atoms with Crippen LogP contribution in [0.15, 0.2) is 0 Å². The van der Waals surface area contributed by atoms with Crippen LogP contribution in [0.1, 0.15) is 51.4 Å². The number of halogens is 1. The molecule has 1 amide bonds. The normalized spacial score (nSPS) is 25.9. The average Bonchev–Trinajstić information content (AvgIpc) is 2.46. The first kappa shape index (κ1) is 14.5. The molecule has 1 unspecified atom stereocenters. The van der Waals surface area contributed by atoms with Gasteiger partial charge in [-0.2, -0.15) is 0 Å². The fourth-order valence-corrected chi connectivity index (χ4v) is 4.53. The van der Waals surface area contributed by atoms with Gasteiger partial charge >= 0.3 is 0 Å². The smallest absolute Gasteiger partial charge is 0.235 e. The highest BCUT2D eigenvalue weighted by atomic mass is 35.5. The summed E-state index contributed by atoms with van der Waals surface area (Å²) in [5.41, 5.74) is 0. The Bertz CT molecular complexity index is 263. The van der Waals surface area contributed by atoms with Gasteiger partial charge in [0.15, 0.2) is 0 Å². The minimum atomic E-state index is 0.212. The highest BCUT2D eigenvalue weighted by Crippen LogP contribution is 2.30. The fourth-order valence-electron chi connectivity index (χ4n) is 3.08. The van der Waals surface area contributed by atoms with Crippen LogP contribution < -0.4 is 0 Å². The highest BCUT2D eigenvalue weighted by Gasteiger charge is 2.31. The monoisotopic (exact) mass is 289 g/mol. The predicted octanol–water partition coefficient (Wildman–Crippen LogP) is 3.67. The summed E-state index contributed by atoms with van der Waals surface area (Å²) in [6.07, 6.45) is 9.78. The van der Waals surface area contributed by atoms with E-state index in [1.54, 1.807) is 0 Å². The molecular weight excluding hydrogens is 266 g/mol. The summed E-state index contributed by atoms with van der Waals surface area (Å²) in [5.74, 6) is 2.09. The molecule has 4 heteroatoms. The lowest BCUT2D eigenvalue weighted by Gasteiger charge is -2.37. The van der Waals surface area contributed by atoms with Crippen molar-refractivity contribution in [1.82, 2.24) is 4.90 Å². The number of carbonyl (C=O) groups is 1. The van der Waals surface area contributed by atoms with Crippen molar-refractivity contribution in [2.75, 3.05) is 18.2 Å². The molecule has 2 nitrogen and oxygen atoms in total. The summed E-state index contributed by atoms with van der Waals surface area (Å²) < 4.78 is 0. The second kappa shape index (κ2) is 7.64. The Morgan fingerprint density at radius 2 is 1.83 bits per heavy atom. The van der Waals surface area contributed by atoms with Crippen molar-refractivity contribution < 1.29 is 4.79 Å². The Morgan fingerprint density at radius 1 is 1.11 bits per heavy atom. The van der Waals surface area contributed by atoms with Gasteiger partial charge in [-0.05, 0) is 31.4 Å². The molecule has 1 heterocycles. The van der Waals surface area contributed by atoms with Crippen LogP contribution in [0.2, 0.25) is 0 Å². The van der Waals surface area contributed by atoms with Crippen molar-refractivity contribution in [3.8, 4) is 0 Å². The third-order valence-electron chi connectivity index (χ3n) is 4.08. The van der Waals surface area contributed by atoms with Gasteiger partial charge in [0.2, 0.25) is 5.91 Å². The molecular formula is C14H24ClNOS. The molecule has 1 saturated carbocycles. The lowest BCUT2D eigenvalue weighted by molar-refractivity contribution is -0.133. The second-order valence-electron chi connectivity index (χ2n) is 5.37. The number of alkyl halides is 1. The van der Waals surface area contributed by atoms with E-state index in [1.807, 2.05) is 11.8 Å². The minimum absolute atomic E-state index is 0.212. The van der Waals surface area contributed by atoms with Crippen LogP contribution in [0.5, 0.6) is 0 Å². The zero-order valence-corrected chi connectivity index (χ0v) is 12.6. The van der Waals surface area contributed by atoms with Gasteiger partial charge in [-0.15, -0.1) is 23.4 Å². The van der Waals surface area contributed by atoms with Gasteiger partial charge in [-0.1, -0.05) is 25.7 Å². The summed E-state index contributed by atoms with van der Waals surface area (Å²) in [4.78, 5) is 14.7. The van der Waals surface area contributed by atoms with E-state index in [0.717, 1.165) is 18.7 Å². The summed E-state index contributed by atoms with van der Waals surface area (Å²) in [6, 6.07) is 0.465. The highest BCUT2D eigenvalue weighted by molar-refractivity contribution is 8.00. The lowest BCUT2D eigenvalue weighted by atomic mass is 9.94. The maximum Gasteiger partial charge on any atom is 0.235 e. The van der Waals surface area contributed by atoms with Crippen LogP contribution in [-0.4, -0.2) is 40.3 Å².